The van der Waals surface area contributed by atoms with Gasteiger partial charge >= 0.3 is 5.97 Å². The summed E-state index contributed by atoms with van der Waals surface area (Å²) in [5.74, 6) is -0.534. The maximum absolute atomic E-state index is 10.5. The molecule has 1 atom stereocenters. The number of rotatable bonds is 4. The zero-order chi connectivity index (χ0) is 7.98. The molecule has 5 N–H and O–H groups in total. The van der Waals surface area contributed by atoms with Crippen molar-refractivity contribution in [1.29, 1.82) is 0 Å². The van der Waals surface area contributed by atoms with Crippen molar-refractivity contribution >= 4 is 5.97 Å². The number of ether oxygens (including phenoxy) is 1. The van der Waals surface area contributed by atoms with Gasteiger partial charge in [0.05, 0.1) is 6.61 Å². The summed E-state index contributed by atoms with van der Waals surface area (Å²) in [5.41, 5.74) is 0. The maximum Gasteiger partial charge on any atom is 0.334 e. The molecule has 0 rings (SSSR count). The van der Waals surface area contributed by atoms with Crippen LogP contribution < -0.4 is 6.15 Å². The van der Waals surface area contributed by atoms with Crippen molar-refractivity contribution in [2.24, 2.45) is 0 Å². The fourth-order valence-corrected chi connectivity index (χ4v) is 0.438. The van der Waals surface area contributed by atoms with Gasteiger partial charge in [0.25, 0.3) is 0 Å². The van der Waals surface area contributed by atoms with Crippen molar-refractivity contribution in [2.75, 3.05) is 6.61 Å². The Hall–Kier alpha value is -0.610. The summed E-state index contributed by atoms with van der Waals surface area (Å²) >= 11 is 0. The van der Waals surface area contributed by atoms with E-state index in [0.29, 0.717) is 6.61 Å². The zero-order valence-corrected chi connectivity index (χ0v) is 7.46. The standard InChI is InChI=1S/C7H14O3.H3N/c1-3-4-5-10-7(9)6(2)8;/h6,8H,3-5H2,1-2H3;1H3/p+1. The molecule has 68 valence electrons. The predicted octanol–water partition coefficient (Wildman–Crippen LogP) is 1.09. The number of hydrogen-bond donors (Lipinski definition) is 2. The molecule has 4 nitrogen and oxygen atoms in total. The molecule has 0 aliphatic carbocycles. The first-order valence-electron chi connectivity index (χ1n) is 3.53. The third kappa shape index (κ3) is 7.29. The van der Waals surface area contributed by atoms with Crippen molar-refractivity contribution < 1.29 is 14.6 Å². The van der Waals surface area contributed by atoms with Gasteiger partial charge in [-0.15, -0.1) is 0 Å². The van der Waals surface area contributed by atoms with Crippen LogP contribution in [-0.2, 0) is 9.53 Å². The number of aliphatic hydroxyl groups is 1. The summed E-state index contributed by atoms with van der Waals surface area (Å²) in [4.78, 5) is 10.5. The molecule has 0 fully saturated rings. The quantitative estimate of drug-likeness (QED) is 0.482. The number of carbonyl (C=O) groups is 1. The average molecular weight is 164 g/mol. The number of carbonyl (C=O) groups excluding carboxylic acids is 1. The van der Waals surface area contributed by atoms with E-state index in [-0.39, 0.29) is 6.15 Å². The van der Waals surface area contributed by atoms with E-state index >= 15 is 0 Å². The molecule has 0 aliphatic rings. The predicted molar refractivity (Wildman–Crippen MR) is 43.5 cm³/mol. The van der Waals surface area contributed by atoms with Gasteiger partial charge in [-0.2, -0.15) is 0 Å². The summed E-state index contributed by atoms with van der Waals surface area (Å²) in [5, 5.41) is 8.65. The van der Waals surface area contributed by atoms with Crippen LogP contribution >= 0.6 is 0 Å². The van der Waals surface area contributed by atoms with E-state index in [1.165, 1.54) is 6.92 Å². The largest absolute Gasteiger partial charge is 0.464 e. The normalized spacial score (nSPS) is 11.5. The van der Waals surface area contributed by atoms with Gasteiger partial charge < -0.3 is 16.0 Å². The van der Waals surface area contributed by atoms with Crippen LogP contribution in [0.3, 0.4) is 0 Å². The Labute approximate surface area is 67.1 Å². The van der Waals surface area contributed by atoms with Gasteiger partial charge in [-0.1, -0.05) is 13.3 Å². The second-order valence-electron chi connectivity index (χ2n) is 2.20. The molecule has 0 saturated carbocycles. The van der Waals surface area contributed by atoms with E-state index in [2.05, 4.69) is 4.74 Å². The van der Waals surface area contributed by atoms with E-state index < -0.39 is 12.1 Å². The minimum Gasteiger partial charge on any atom is -0.464 e. The molecule has 0 saturated heterocycles. The minimum atomic E-state index is -0.989. The molecule has 0 heterocycles. The summed E-state index contributed by atoms with van der Waals surface area (Å²) < 4.78 is 4.65. The number of hydrogen-bond acceptors (Lipinski definition) is 3. The third-order valence-electron chi connectivity index (χ3n) is 1.08. The van der Waals surface area contributed by atoms with Gasteiger partial charge in [0.1, 0.15) is 6.10 Å². The molecule has 0 bridgehead atoms. The fourth-order valence-electron chi connectivity index (χ4n) is 0.438. The van der Waals surface area contributed by atoms with Crippen LogP contribution in [-0.4, -0.2) is 23.8 Å². The molecule has 0 aromatic rings. The second-order valence-corrected chi connectivity index (χ2v) is 2.20. The summed E-state index contributed by atoms with van der Waals surface area (Å²) in [6.45, 7) is 3.82. The molecule has 0 aromatic carbocycles. The lowest BCUT2D eigenvalue weighted by atomic mass is 10.3. The van der Waals surface area contributed by atoms with E-state index in [1.54, 1.807) is 0 Å². The molecular weight excluding hydrogens is 146 g/mol. The monoisotopic (exact) mass is 164 g/mol. The van der Waals surface area contributed by atoms with E-state index in [4.69, 9.17) is 5.11 Å². The van der Waals surface area contributed by atoms with Crippen LogP contribution in [0.2, 0.25) is 0 Å². The Morgan fingerprint density at radius 3 is 2.55 bits per heavy atom. The van der Waals surface area contributed by atoms with Crippen LogP contribution in [0, 0.1) is 0 Å². The Bertz CT molecular complexity index is 104. The molecule has 0 amide bonds. The van der Waals surface area contributed by atoms with Crippen LogP contribution in [0.4, 0.5) is 0 Å². The summed E-state index contributed by atoms with van der Waals surface area (Å²) in [6.07, 6.45) is 0.864. The highest BCUT2D eigenvalue weighted by Crippen LogP contribution is 1.91. The smallest absolute Gasteiger partial charge is 0.334 e. The zero-order valence-electron chi connectivity index (χ0n) is 7.46. The number of esters is 1. The van der Waals surface area contributed by atoms with Gasteiger partial charge in [-0.25, -0.2) is 4.79 Å². The highest BCUT2D eigenvalue weighted by Gasteiger charge is 2.08. The molecule has 0 radical (unpaired) electrons. The number of quaternary nitrogens is 1. The van der Waals surface area contributed by atoms with Gasteiger partial charge in [-0.05, 0) is 13.3 Å². The highest BCUT2D eigenvalue weighted by atomic mass is 16.5. The van der Waals surface area contributed by atoms with E-state index in [1.807, 2.05) is 6.92 Å². The molecule has 0 aromatic heterocycles. The molecule has 4 heteroatoms. The van der Waals surface area contributed by atoms with Crippen LogP contribution in [0.25, 0.3) is 0 Å². The first kappa shape index (κ1) is 13.0. The Kier molecular flexibility index (Phi) is 8.87. The lowest BCUT2D eigenvalue weighted by Gasteiger charge is -2.04. The topological polar surface area (TPSA) is 83.0 Å². The van der Waals surface area contributed by atoms with Crippen molar-refractivity contribution in [1.82, 2.24) is 6.15 Å². The molecule has 11 heavy (non-hydrogen) atoms. The number of aliphatic hydroxyl groups excluding tert-OH is 1. The first-order valence-corrected chi connectivity index (χ1v) is 3.53. The van der Waals surface area contributed by atoms with Crippen LogP contribution in [0.5, 0.6) is 0 Å². The van der Waals surface area contributed by atoms with Crippen molar-refractivity contribution in [3.05, 3.63) is 0 Å². The van der Waals surface area contributed by atoms with Crippen molar-refractivity contribution in [3.8, 4) is 0 Å². The van der Waals surface area contributed by atoms with Crippen LogP contribution in [0.1, 0.15) is 26.7 Å². The lowest BCUT2D eigenvalue weighted by molar-refractivity contribution is -0.152. The van der Waals surface area contributed by atoms with Crippen molar-refractivity contribution in [3.63, 3.8) is 0 Å². The third-order valence-corrected chi connectivity index (χ3v) is 1.08. The second kappa shape index (κ2) is 7.50. The molecule has 0 spiro atoms. The van der Waals surface area contributed by atoms with E-state index in [9.17, 15) is 4.79 Å². The number of unbranched alkanes of at least 4 members (excludes halogenated alkanes) is 1. The highest BCUT2D eigenvalue weighted by molar-refractivity contribution is 5.73. The Morgan fingerprint density at radius 1 is 1.64 bits per heavy atom. The van der Waals surface area contributed by atoms with Gasteiger partial charge in [0, 0.05) is 0 Å². The fraction of sp³-hybridized carbons (Fsp3) is 0.857. The summed E-state index contributed by atoms with van der Waals surface area (Å²) in [7, 11) is 0. The Morgan fingerprint density at radius 2 is 2.18 bits per heavy atom. The minimum absolute atomic E-state index is 0. The molecule has 0 aliphatic heterocycles. The van der Waals surface area contributed by atoms with Crippen molar-refractivity contribution in [2.45, 2.75) is 32.8 Å². The summed E-state index contributed by atoms with van der Waals surface area (Å²) in [6, 6.07) is 0. The Balaban J connectivity index is 0. The molecular formula is C7H18NO3+. The SMILES string of the molecule is CCCCOC(=O)C(C)O.[NH4+]. The lowest BCUT2D eigenvalue weighted by Crippen LogP contribution is -2.19. The van der Waals surface area contributed by atoms with Gasteiger partial charge in [0.15, 0.2) is 0 Å². The molecule has 1 unspecified atom stereocenters. The maximum atomic E-state index is 10.5. The van der Waals surface area contributed by atoms with Crippen LogP contribution in [0.15, 0.2) is 0 Å². The van der Waals surface area contributed by atoms with Gasteiger partial charge in [0.2, 0.25) is 0 Å². The first-order chi connectivity index (χ1) is 4.68. The van der Waals surface area contributed by atoms with E-state index in [0.717, 1.165) is 12.8 Å². The van der Waals surface area contributed by atoms with Gasteiger partial charge in [-0.3, -0.25) is 0 Å². The average Bonchev–Trinajstić information content (AvgIpc) is 1.88.